The maximum Gasteiger partial charge on any atom is 0.419 e. The summed E-state index contributed by atoms with van der Waals surface area (Å²) in [5.41, 5.74) is 4.66. The number of alkyl halides is 3. The van der Waals surface area contributed by atoms with Crippen LogP contribution in [0.4, 0.5) is 24.1 Å². The molecule has 1 saturated heterocycles. The molecule has 3 aromatic heterocycles. The molecule has 0 bridgehead atoms. The molecule has 0 aliphatic carbocycles. The molecule has 174 valence electrons. The number of piperazine rings is 1. The van der Waals surface area contributed by atoms with Gasteiger partial charge in [0.25, 0.3) is 10.0 Å². The van der Waals surface area contributed by atoms with Crippen LogP contribution in [0.5, 0.6) is 0 Å². The second-order valence-corrected chi connectivity index (χ2v) is 11.4. The van der Waals surface area contributed by atoms with E-state index in [9.17, 15) is 21.6 Å². The van der Waals surface area contributed by atoms with Crippen LogP contribution in [0, 0.1) is 0 Å². The third kappa shape index (κ3) is 4.66. The van der Waals surface area contributed by atoms with Gasteiger partial charge < -0.3 is 11.1 Å². The summed E-state index contributed by atoms with van der Waals surface area (Å²) in [7, 11) is -3.62. The van der Waals surface area contributed by atoms with Gasteiger partial charge in [0, 0.05) is 44.1 Å². The smallest absolute Gasteiger partial charge is 0.375 e. The normalized spacial score (nSPS) is 17.6. The third-order valence-corrected chi connectivity index (χ3v) is 9.14. The summed E-state index contributed by atoms with van der Waals surface area (Å²) < 4.78 is 66.7. The first kappa shape index (κ1) is 23.1. The summed E-state index contributed by atoms with van der Waals surface area (Å²) in [5.74, 6) is 0.354. The molecule has 4 heterocycles. The molecule has 1 fully saturated rings. The standard InChI is InChI=1S/C17H20F3N7O2S3/c1-10(25-15-14-13(23-9-24-15)11(8-30-14)17(18,19)20)7-26-2-4-27(5-3-26)32(28,29)12-6-22-16(21)31-12/h6,8-10H,2-5,7H2,1H3,(H2,21,22)(H,23,24,25)/t10-/m0/s1. The molecule has 0 unspecified atom stereocenters. The first-order valence-corrected chi connectivity index (χ1v) is 12.7. The molecule has 4 rings (SSSR count). The van der Waals surface area contributed by atoms with Crippen molar-refractivity contribution in [3.05, 3.63) is 23.5 Å². The fourth-order valence-electron chi connectivity index (χ4n) is 3.49. The van der Waals surface area contributed by atoms with Gasteiger partial charge in [-0.1, -0.05) is 11.3 Å². The predicted molar refractivity (Wildman–Crippen MR) is 117 cm³/mol. The van der Waals surface area contributed by atoms with Crippen LogP contribution in [-0.4, -0.2) is 71.3 Å². The first-order valence-electron chi connectivity index (χ1n) is 9.55. The second-order valence-electron chi connectivity index (χ2n) is 7.31. The highest BCUT2D eigenvalue weighted by atomic mass is 32.2. The van der Waals surface area contributed by atoms with Crippen molar-refractivity contribution in [3.63, 3.8) is 0 Å². The molecule has 15 heteroatoms. The number of halogens is 3. The van der Waals surface area contributed by atoms with E-state index in [4.69, 9.17) is 5.73 Å². The number of aromatic nitrogens is 3. The lowest BCUT2D eigenvalue weighted by atomic mass is 10.2. The number of nitrogens with zero attached hydrogens (tertiary/aromatic N) is 5. The topological polar surface area (TPSA) is 117 Å². The van der Waals surface area contributed by atoms with Gasteiger partial charge in [-0.25, -0.2) is 23.4 Å². The van der Waals surface area contributed by atoms with E-state index in [2.05, 4.69) is 25.2 Å². The molecule has 0 radical (unpaired) electrons. The molecule has 0 saturated carbocycles. The Kier molecular flexibility index (Phi) is 6.28. The van der Waals surface area contributed by atoms with Crippen LogP contribution in [0.15, 0.2) is 22.1 Å². The monoisotopic (exact) mass is 507 g/mol. The number of thiazole rings is 1. The highest BCUT2D eigenvalue weighted by Crippen LogP contribution is 2.39. The van der Waals surface area contributed by atoms with Gasteiger partial charge in [0.1, 0.15) is 12.1 Å². The molecule has 0 spiro atoms. The van der Waals surface area contributed by atoms with Crippen molar-refractivity contribution in [2.24, 2.45) is 0 Å². The lowest BCUT2D eigenvalue weighted by Gasteiger charge is -2.35. The number of nitrogen functional groups attached to an aromatic ring is 1. The van der Waals surface area contributed by atoms with Crippen molar-refractivity contribution < 1.29 is 21.6 Å². The summed E-state index contributed by atoms with van der Waals surface area (Å²) in [4.78, 5) is 13.8. The van der Waals surface area contributed by atoms with Gasteiger partial charge in [-0.15, -0.1) is 11.3 Å². The maximum absolute atomic E-state index is 13.1. The largest absolute Gasteiger partial charge is 0.419 e. The molecule has 3 N–H and O–H groups in total. The van der Waals surface area contributed by atoms with Crippen LogP contribution >= 0.6 is 22.7 Å². The Bertz CT molecular complexity index is 1200. The average molecular weight is 508 g/mol. The lowest BCUT2D eigenvalue weighted by molar-refractivity contribution is -0.136. The van der Waals surface area contributed by atoms with Gasteiger partial charge in [0.05, 0.1) is 22.0 Å². The molecule has 1 aliphatic rings. The van der Waals surface area contributed by atoms with E-state index in [0.717, 1.165) is 34.4 Å². The van der Waals surface area contributed by atoms with E-state index in [1.54, 1.807) is 0 Å². The van der Waals surface area contributed by atoms with E-state index < -0.39 is 21.8 Å². The van der Waals surface area contributed by atoms with Crippen molar-refractivity contribution >= 4 is 53.9 Å². The first-order chi connectivity index (χ1) is 15.1. The predicted octanol–water partition coefficient (Wildman–Crippen LogP) is 2.56. The highest BCUT2D eigenvalue weighted by molar-refractivity contribution is 7.91. The van der Waals surface area contributed by atoms with E-state index in [1.807, 2.05) is 6.92 Å². The molecule has 1 atom stereocenters. The summed E-state index contributed by atoms with van der Waals surface area (Å²) in [6.45, 7) is 4.17. The fourth-order valence-corrected chi connectivity index (χ4v) is 6.97. The Balaban J connectivity index is 1.37. The van der Waals surface area contributed by atoms with Crippen molar-refractivity contribution in [3.8, 4) is 0 Å². The Morgan fingerprint density at radius 2 is 1.94 bits per heavy atom. The maximum atomic E-state index is 13.1. The Labute approximate surface area is 190 Å². The molecule has 0 aromatic carbocycles. The number of thiophene rings is 1. The molecule has 0 amide bonds. The zero-order chi connectivity index (χ0) is 23.1. The van der Waals surface area contributed by atoms with Crippen molar-refractivity contribution in [2.45, 2.75) is 23.4 Å². The SMILES string of the molecule is C[C@@H](CN1CCN(S(=O)(=O)c2cnc(N)s2)CC1)Nc1ncnc2c(C(F)(F)F)csc12. The molecule has 32 heavy (non-hydrogen) atoms. The number of nitrogens with one attached hydrogen (secondary N) is 1. The van der Waals surface area contributed by atoms with Crippen LogP contribution in [0.1, 0.15) is 12.5 Å². The van der Waals surface area contributed by atoms with Gasteiger partial charge in [-0.3, -0.25) is 4.90 Å². The van der Waals surface area contributed by atoms with Crippen molar-refractivity contribution in [1.82, 2.24) is 24.2 Å². The number of rotatable bonds is 6. The number of hydrogen-bond donors (Lipinski definition) is 2. The molecule has 1 aliphatic heterocycles. The van der Waals surface area contributed by atoms with Crippen LogP contribution in [0.25, 0.3) is 10.2 Å². The van der Waals surface area contributed by atoms with Crippen LogP contribution in [0.3, 0.4) is 0 Å². The van der Waals surface area contributed by atoms with Crippen LogP contribution < -0.4 is 11.1 Å². The zero-order valence-corrected chi connectivity index (χ0v) is 19.3. The minimum Gasteiger partial charge on any atom is -0.375 e. The number of fused-ring (bicyclic) bond motifs is 1. The molecular formula is C17H20F3N7O2S3. The number of nitrogens with two attached hydrogens (primary N) is 1. The Hall–Kier alpha value is -2.07. The van der Waals surface area contributed by atoms with E-state index in [-0.39, 0.29) is 20.9 Å². The minimum absolute atomic E-state index is 0.116. The number of anilines is 2. The van der Waals surface area contributed by atoms with E-state index in [1.165, 1.54) is 10.5 Å². The van der Waals surface area contributed by atoms with E-state index in [0.29, 0.717) is 43.2 Å². The van der Waals surface area contributed by atoms with E-state index >= 15 is 0 Å². The summed E-state index contributed by atoms with van der Waals surface area (Å²) >= 11 is 1.89. The van der Waals surface area contributed by atoms with Crippen molar-refractivity contribution in [1.29, 1.82) is 0 Å². The van der Waals surface area contributed by atoms with Gasteiger partial charge in [0.2, 0.25) is 0 Å². The Morgan fingerprint density at radius 1 is 1.22 bits per heavy atom. The van der Waals surface area contributed by atoms with Crippen LogP contribution in [-0.2, 0) is 16.2 Å². The quantitative estimate of drug-likeness (QED) is 0.523. The van der Waals surface area contributed by atoms with Gasteiger partial charge in [0.15, 0.2) is 9.34 Å². The van der Waals surface area contributed by atoms with Crippen LogP contribution in [0.2, 0.25) is 0 Å². The fraction of sp³-hybridized carbons (Fsp3) is 0.471. The summed E-state index contributed by atoms with van der Waals surface area (Å²) in [5, 5.41) is 4.41. The third-order valence-electron chi connectivity index (χ3n) is 5.00. The molecule has 9 nitrogen and oxygen atoms in total. The minimum atomic E-state index is -4.47. The highest BCUT2D eigenvalue weighted by Gasteiger charge is 2.35. The molecular weight excluding hydrogens is 487 g/mol. The number of hydrogen-bond acceptors (Lipinski definition) is 10. The Morgan fingerprint density at radius 3 is 2.56 bits per heavy atom. The van der Waals surface area contributed by atoms with Crippen molar-refractivity contribution in [2.75, 3.05) is 43.8 Å². The average Bonchev–Trinajstić information content (AvgIpc) is 3.35. The summed E-state index contributed by atoms with van der Waals surface area (Å²) in [6, 6.07) is -0.131. The zero-order valence-electron chi connectivity index (χ0n) is 16.8. The van der Waals surface area contributed by atoms with Gasteiger partial charge in [-0.05, 0) is 6.92 Å². The van der Waals surface area contributed by atoms with Gasteiger partial charge in [-0.2, -0.15) is 17.5 Å². The lowest BCUT2D eigenvalue weighted by Crippen LogP contribution is -2.50. The van der Waals surface area contributed by atoms with Gasteiger partial charge >= 0.3 is 6.18 Å². The number of sulfonamides is 1. The summed E-state index contributed by atoms with van der Waals surface area (Å²) in [6.07, 6.45) is -2.08. The second kappa shape index (κ2) is 8.70. The molecule has 3 aromatic rings.